The van der Waals surface area contributed by atoms with Crippen molar-refractivity contribution in [2.24, 2.45) is 0 Å². The number of aliphatic hydroxyl groups excluding tert-OH is 1. The van der Waals surface area contributed by atoms with Crippen LogP contribution in [0.15, 0.2) is 0 Å². The van der Waals surface area contributed by atoms with E-state index in [0.717, 1.165) is 0 Å². The van der Waals surface area contributed by atoms with Gasteiger partial charge in [0.2, 0.25) is 0 Å². The smallest absolute Gasteiger partial charge is 0.367 e. The summed E-state index contributed by atoms with van der Waals surface area (Å²) in [5.74, 6) is 0. The zero-order valence-electron chi connectivity index (χ0n) is 6.23. The van der Waals surface area contributed by atoms with E-state index in [2.05, 4.69) is 4.18 Å². The van der Waals surface area contributed by atoms with Gasteiger partial charge in [0.15, 0.2) is 6.29 Å². The molecule has 0 aliphatic carbocycles. The third kappa shape index (κ3) is 9.79. The summed E-state index contributed by atoms with van der Waals surface area (Å²) in [5.41, 5.74) is 0. The number of hydrogen-bond acceptors (Lipinski definition) is 5. The largest absolute Gasteiger partial charge is 0.399 e. The molecule has 7 heteroatoms. The lowest BCUT2D eigenvalue weighted by Gasteiger charge is -2.05. The van der Waals surface area contributed by atoms with Crippen molar-refractivity contribution in [2.75, 3.05) is 0 Å². The monoisotopic (exact) mass is 187 g/mol. The summed E-state index contributed by atoms with van der Waals surface area (Å²) in [7, 11) is -4.50. The van der Waals surface area contributed by atoms with Gasteiger partial charge in [-0.05, 0) is 6.42 Å². The van der Waals surface area contributed by atoms with E-state index in [-0.39, 0.29) is 12.6 Å². The lowest BCUT2D eigenvalue weighted by molar-refractivity contribution is -0.0254. The van der Waals surface area contributed by atoms with Crippen molar-refractivity contribution in [1.82, 2.24) is 6.15 Å². The molecular formula is C4H13NO5S. The Kier molecular flexibility index (Phi) is 6.62. The SMILES string of the molecule is CCCC(O)OS(=O)(=O)O.N. The Bertz CT molecular complexity index is 177. The Balaban J connectivity index is 0. The molecule has 11 heavy (non-hydrogen) atoms. The predicted molar refractivity (Wildman–Crippen MR) is 38.6 cm³/mol. The van der Waals surface area contributed by atoms with E-state index in [0.29, 0.717) is 6.42 Å². The molecule has 1 atom stereocenters. The molecule has 0 aromatic carbocycles. The van der Waals surface area contributed by atoms with Crippen LogP contribution in [-0.2, 0) is 14.6 Å². The van der Waals surface area contributed by atoms with Crippen molar-refractivity contribution >= 4 is 10.4 Å². The van der Waals surface area contributed by atoms with Gasteiger partial charge in [0.05, 0.1) is 0 Å². The summed E-state index contributed by atoms with van der Waals surface area (Å²) in [4.78, 5) is 0. The quantitative estimate of drug-likeness (QED) is 0.423. The van der Waals surface area contributed by atoms with Gasteiger partial charge < -0.3 is 11.3 Å². The van der Waals surface area contributed by atoms with Gasteiger partial charge in [-0.1, -0.05) is 13.3 Å². The van der Waals surface area contributed by atoms with E-state index >= 15 is 0 Å². The third-order valence-electron chi connectivity index (χ3n) is 0.768. The standard InChI is InChI=1S/C4H10O5S.H3N/c1-2-3-4(5)9-10(6,7)8;/h4-5H,2-3H2,1H3,(H,6,7,8);1H3. The van der Waals surface area contributed by atoms with Gasteiger partial charge in [0.25, 0.3) is 0 Å². The van der Waals surface area contributed by atoms with Gasteiger partial charge >= 0.3 is 10.4 Å². The van der Waals surface area contributed by atoms with Crippen molar-refractivity contribution in [1.29, 1.82) is 0 Å². The maximum Gasteiger partial charge on any atom is 0.399 e. The molecule has 0 fully saturated rings. The van der Waals surface area contributed by atoms with Crippen LogP contribution in [0.5, 0.6) is 0 Å². The summed E-state index contributed by atoms with van der Waals surface area (Å²) in [6.07, 6.45) is -0.670. The van der Waals surface area contributed by atoms with Crippen molar-refractivity contribution in [3.05, 3.63) is 0 Å². The summed E-state index contributed by atoms with van der Waals surface area (Å²) in [6.45, 7) is 1.75. The molecule has 0 saturated heterocycles. The van der Waals surface area contributed by atoms with Crippen LogP contribution in [0, 0.1) is 0 Å². The highest BCUT2D eigenvalue weighted by molar-refractivity contribution is 7.80. The van der Waals surface area contributed by atoms with Crippen LogP contribution in [0.1, 0.15) is 19.8 Å². The molecule has 0 amide bonds. The van der Waals surface area contributed by atoms with Crippen LogP contribution in [0.3, 0.4) is 0 Å². The topological polar surface area (TPSA) is 119 Å². The first kappa shape index (κ1) is 13.4. The molecule has 5 N–H and O–H groups in total. The lowest BCUT2D eigenvalue weighted by Crippen LogP contribution is -2.16. The molecule has 0 aliphatic rings. The van der Waals surface area contributed by atoms with Gasteiger partial charge in [-0.15, -0.1) is 0 Å². The number of hydrogen-bond donors (Lipinski definition) is 3. The molecule has 0 aromatic heterocycles. The molecule has 0 rings (SSSR count). The highest BCUT2D eigenvalue weighted by Crippen LogP contribution is 2.00. The van der Waals surface area contributed by atoms with Gasteiger partial charge in [-0.2, -0.15) is 8.42 Å². The maximum absolute atomic E-state index is 9.89. The average molecular weight is 187 g/mol. The van der Waals surface area contributed by atoms with Crippen molar-refractivity contribution in [3.63, 3.8) is 0 Å². The summed E-state index contributed by atoms with van der Waals surface area (Å²) in [5, 5.41) is 8.62. The van der Waals surface area contributed by atoms with Crippen LogP contribution < -0.4 is 6.15 Å². The minimum atomic E-state index is -4.50. The van der Waals surface area contributed by atoms with Gasteiger partial charge in [0, 0.05) is 0 Å². The van der Waals surface area contributed by atoms with Crippen LogP contribution in [0.4, 0.5) is 0 Å². The van der Waals surface area contributed by atoms with E-state index in [1.807, 2.05) is 0 Å². The fourth-order valence-corrected chi connectivity index (χ4v) is 0.812. The summed E-state index contributed by atoms with van der Waals surface area (Å²) >= 11 is 0. The lowest BCUT2D eigenvalue weighted by atomic mass is 10.3. The Morgan fingerprint density at radius 3 is 2.27 bits per heavy atom. The Hall–Kier alpha value is -0.210. The van der Waals surface area contributed by atoms with Crippen LogP contribution >= 0.6 is 0 Å². The van der Waals surface area contributed by atoms with Crippen molar-refractivity contribution < 1.29 is 22.3 Å². The molecule has 0 saturated carbocycles. The van der Waals surface area contributed by atoms with Crippen LogP contribution in [-0.4, -0.2) is 24.4 Å². The fraction of sp³-hybridized carbons (Fsp3) is 1.00. The zero-order chi connectivity index (χ0) is 8.20. The Labute approximate surface area is 65.7 Å². The average Bonchev–Trinajstić information content (AvgIpc) is 1.59. The molecule has 0 spiro atoms. The highest BCUT2D eigenvalue weighted by Gasteiger charge is 2.11. The zero-order valence-corrected chi connectivity index (χ0v) is 7.04. The van der Waals surface area contributed by atoms with E-state index in [9.17, 15) is 8.42 Å². The number of aliphatic hydroxyl groups is 1. The molecule has 1 unspecified atom stereocenters. The first-order chi connectivity index (χ1) is 4.45. The molecule has 6 nitrogen and oxygen atoms in total. The number of rotatable bonds is 4. The molecule has 70 valence electrons. The third-order valence-corrected chi connectivity index (χ3v) is 1.23. The molecule has 0 bridgehead atoms. The van der Waals surface area contributed by atoms with Gasteiger partial charge in [0.1, 0.15) is 0 Å². The maximum atomic E-state index is 9.89. The minimum absolute atomic E-state index is 0. The first-order valence-corrected chi connectivity index (χ1v) is 4.16. The molecule has 0 aromatic rings. The Morgan fingerprint density at radius 2 is 2.00 bits per heavy atom. The second kappa shape index (κ2) is 5.44. The van der Waals surface area contributed by atoms with E-state index in [4.69, 9.17) is 9.66 Å². The summed E-state index contributed by atoms with van der Waals surface area (Å²) in [6, 6.07) is 0. The van der Waals surface area contributed by atoms with Crippen LogP contribution in [0.2, 0.25) is 0 Å². The second-order valence-corrected chi connectivity index (χ2v) is 2.82. The predicted octanol–water partition coefficient (Wildman–Crippen LogP) is 0.0863. The van der Waals surface area contributed by atoms with Crippen LogP contribution in [0.25, 0.3) is 0 Å². The highest BCUT2D eigenvalue weighted by atomic mass is 32.3. The van der Waals surface area contributed by atoms with Crippen molar-refractivity contribution in [3.8, 4) is 0 Å². The molecule has 0 heterocycles. The normalized spacial score (nSPS) is 13.7. The van der Waals surface area contributed by atoms with E-state index in [1.54, 1.807) is 6.92 Å². The summed E-state index contributed by atoms with van der Waals surface area (Å²) < 4.78 is 31.5. The minimum Gasteiger partial charge on any atom is -0.367 e. The fourth-order valence-electron chi connectivity index (χ4n) is 0.435. The molecular weight excluding hydrogens is 174 g/mol. The van der Waals surface area contributed by atoms with Crippen molar-refractivity contribution in [2.45, 2.75) is 26.1 Å². The second-order valence-electron chi connectivity index (χ2n) is 1.77. The van der Waals surface area contributed by atoms with E-state index < -0.39 is 16.7 Å². The van der Waals surface area contributed by atoms with Gasteiger partial charge in [-0.25, -0.2) is 4.18 Å². The molecule has 0 aliphatic heterocycles. The van der Waals surface area contributed by atoms with E-state index in [1.165, 1.54) is 0 Å². The van der Waals surface area contributed by atoms with Gasteiger partial charge in [-0.3, -0.25) is 4.55 Å². The Morgan fingerprint density at radius 1 is 1.55 bits per heavy atom. The first-order valence-electron chi connectivity index (χ1n) is 2.79. The molecule has 0 radical (unpaired) electrons.